The smallest absolute Gasteiger partial charge is 0.156 e. The standard InChI is InChI=1S/C10H19NO2S/c1-11-8-4-2-6-10-7-3-5-9-14(10,12)13/h2,6,10-11H,3-5,7-9H2,1H3/b6-2-. The van der Waals surface area contributed by atoms with Gasteiger partial charge in [-0.15, -0.1) is 0 Å². The van der Waals surface area contributed by atoms with Crippen molar-refractivity contribution in [1.82, 2.24) is 5.32 Å². The van der Waals surface area contributed by atoms with Crippen LogP contribution >= 0.6 is 0 Å². The number of hydrogen-bond acceptors (Lipinski definition) is 3. The summed E-state index contributed by atoms with van der Waals surface area (Å²) >= 11 is 0. The van der Waals surface area contributed by atoms with Gasteiger partial charge in [-0.25, -0.2) is 8.42 Å². The van der Waals surface area contributed by atoms with Gasteiger partial charge in [-0.05, 0) is 32.9 Å². The lowest BCUT2D eigenvalue weighted by Crippen LogP contribution is -2.26. The molecule has 1 rings (SSSR count). The molecular weight excluding hydrogens is 198 g/mol. The topological polar surface area (TPSA) is 46.2 Å². The Morgan fingerprint density at radius 1 is 1.43 bits per heavy atom. The van der Waals surface area contributed by atoms with Crippen LogP contribution in [0.3, 0.4) is 0 Å². The van der Waals surface area contributed by atoms with Crippen molar-refractivity contribution < 1.29 is 8.42 Å². The van der Waals surface area contributed by atoms with Gasteiger partial charge in [-0.2, -0.15) is 0 Å². The van der Waals surface area contributed by atoms with Gasteiger partial charge in [-0.1, -0.05) is 18.6 Å². The Morgan fingerprint density at radius 3 is 2.86 bits per heavy atom. The maximum Gasteiger partial charge on any atom is 0.156 e. The third kappa shape index (κ3) is 3.42. The fourth-order valence-electron chi connectivity index (χ4n) is 1.67. The fraction of sp³-hybridized carbons (Fsp3) is 0.800. The van der Waals surface area contributed by atoms with Crippen LogP contribution in [-0.2, 0) is 9.84 Å². The summed E-state index contributed by atoms with van der Waals surface area (Å²) in [5.41, 5.74) is 0. The molecule has 1 saturated heterocycles. The molecular formula is C10H19NO2S. The first-order valence-corrected chi connectivity index (χ1v) is 6.91. The molecule has 0 bridgehead atoms. The fourth-order valence-corrected chi connectivity index (χ4v) is 3.46. The molecule has 0 radical (unpaired) electrons. The van der Waals surface area contributed by atoms with Crippen LogP contribution in [0.5, 0.6) is 0 Å². The zero-order chi connectivity index (χ0) is 10.4. The highest BCUT2D eigenvalue weighted by Gasteiger charge is 2.25. The van der Waals surface area contributed by atoms with E-state index in [0.29, 0.717) is 5.75 Å². The monoisotopic (exact) mass is 217 g/mol. The van der Waals surface area contributed by atoms with Gasteiger partial charge in [-0.3, -0.25) is 0 Å². The second kappa shape index (κ2) is 5.51. The average molecular weight is 217 g/mol. The highest BCUT2D eigenvalue weighted by molar-refractivity contribution is 7.92. The Hall–Kier alpha value is -0.350. The number of nitrogens with one attached hydrogen (secondary N) is 1. The summed E-state index contributed by atoms with van der Waals surface area (Å²) in [7, 11) is -0.924. The summed E-state index contributed by atoms with van der Waals surface area (Å²) in [6, 6.07) is 0. The highest BCUT2D eigenvalue weighted by Crippen LogP contribution is 2.20. The van der Waals surface area contributed by atoms with E-state index in [9.17, 15) is 8.42 Å². The molecule has 3 nitrogen and oxygen atoms in total. The molecule has 1 unspecified atom stereocenters. The van der Waals surface area contributed by atoms with E-state index < -0.39 is 9.84 Å². The number of rotatable bonds is 4. The molecule has 4 heteroatoms. The SMILES string of the molecule is CNCC/C=C\C1CCCCS1(=O)=O. The van der Waals surface area contributed by atoms with Gasteiger partial charge in [0.25, 0.3) is 0 Å². The van der Waals surface area contributed by atoms with Gasteiger partial charge in [0.1, 0.15) is 0 Å². The van der Waals surface area contributed by atoms with Gasteiger partial charge in [0, 0.05) is 0 Å². The van der Waals surface area contributed by atoms with Crippen molar-refractivity contribution >= 4 is 9.84 Å². The van der Waals surface area contributed by atoms with Crippen molar-refractivity contribution in [3.8, 4) is 0 Å². The van der Waals surface area contributed by atoms with Crippen molar-refractivity contribution in [3.63, 3.8) is 0 Å². The van der Waals surface area contributed by atoms with E-state index in [0.717, 1.165) is 32.2 Å². The summed E-state index contributed by atoms with van der Waals surface area (Å²) in [6.07, 6.45) is 7.43. The zero-order valence-corrected chi connectivity index (χ0v) is 9.52. The van der Waals surface area contributed by atoms with Gasteiger partial charge in [0.2, 0.25) is 0 Å². The Kier molecular flexibility index (Phi) is 4.62. The molecule has 1 atom stereocenters. The second-order valence-electron chi connectivity index (χ2n) is 3.72. The second-order valence-corrected chi connectivity index (χ2v) is 6.06. The summed E-state index contributed by atoms with van der Waals surface area (Å²) in [5, 5.41) is 2.81. The molecule has 1 heterocycles. The van der Waals surface area contributed by atoms with E-state index in [1.165, 1.54) is 0 Å². The van der Waals surface area contributed by atoms with Crippen molar-refractivity contribution in [2.75, 3.05) is 19.3 Å². The van der Waals surface area contributed by atoms with E-state index in [1.54, 1.807) is 0 Å². The van der Waals surface area contributed by atoms with Crippen LogP contribution in [0, 0.1) is 0 Å². The van der Waals surface area contributed by atoms with Crippen molar-refractivity contribution in [1.29, 1.82) is 0 Å². The molecule has 0 aromatic carbocycles. The summed E-state index contributed by atoms with van der Waals surface area (Å²) in [4.78, 5) is 0. The predicted octanol–water partition coefficient (Wildman–Crippen LogP) is 1.12. The summed E-state index contributed by atoms with van der Waals surface area (Å²) < 4.78 is 23.2. The van der Waals surface area contributed by atoms with E-state index in [-0.39, 0.29) is 5.25 Å². The minimum Gasteiger partial charge on any atom is -0.319 e. The molecule has 0 amide bonds. The molecule has 0 aromatic rings. The van der Waals surface area contributed by atoms with Crippen LogP contribution in [0.25, 0.3) is 0 Å². The minimum atomic E-state index is -2.82. The van der Waals surface area contributed by atoms with E-state index >= 15 is 0 Å². The first kappa shape index (κ1) is 11.7. The molecule has 1 aliphatic rings. The highest BCUT2D eigenvalue weighted by atomic mass is 32.2. The third-order valence-electron chi connectivity index (χ3n) is 2.54. The first-order chi connectivity index (χ1) is 6.67. The van der Waals surface area contributed by atoms with Crippen LogP contribution < -0.4 is 5.32 Å². The minimum absolute atomic E-state index is 0.215. The van der Waals surface area contributed by atoms with E-state index in [4.69, 9.17) is 0 Å². The van der Waals surface area contributed by atoms with Crippen LogP contribution in [-0.4, -0.2) is 33.0 Å². The van der Waals surface area contributed by atoms with Crippen LogP contribution in [0.1, 0.15) is 25.7 Å². The molecule has 0 aliphatic carbocycles. The Morgan fingerprint density at radius 2 is 2.21 bits per heavy atom. The molecule has 1 aliphatic heterocycles. The van der Waals surface area contributed by atoms with E-state index in [1.807, 2.05) is 19.2 Å². The molecule has 1 fully saturated rings. The van der Waals surface area contributed by atoms with Gasteiger partial charge < -0.3 is 5.32 Å². The average Bonchev–Trinajstić information content (AvgIpc) is 2.14. The summed E-state index contributed by atoms with van der Waals surface area (Å²) in [5.74, 6) is 0.369. The largest absolute Gasteiger partial charge is 0.319 e. The Labute approximate surface area is 86.5 Å². The lowest BCUT2D eigenvalue weighted by atomic mass is 10.2. The molecule has 0 spiro atoms. The molecule has 0 saturated carbocycles. The van der Waals surface area contributed by atoms with Crippen LogP contribution in [0.4, 0.5) is 0 Å². The number of sulfone groups is 1. The molecule has 1 N–H and O–H groups in total. The molecule has 82 valence electrons. The van der Waals surface area contributed by atoms with Gasteiger partial charge in [0.05, 0.1) is 11.0 Å². The van der Waals surface area contributed by atoms with Crippen molar-refractivity contribution in [3.05, 3.63) is 12.2 Å². The lowest BCUT2D eigenvalue weighted by Gasteiger charge is -2.18. The molecule has 14 heavy (non-hydrogen) atoms. The maximum atomic E-state index is 11.6. The first-order valence-electron chi connectivity index (χ1n) is 5.19. The normalized spacial score (nSPS) is 26.8. The lowest BCUT2D eigenvalue weighted by molar-refractivity contribution is 0.559. The van der Waals surface area contributed by atoms with Gasteiger partial charge in [0.15, 0.2) is 9.84 Å². The third-order valence-corrected chi connectivity index (χ3v) is 4.71. The van der Waals surface area contributed by atoms with Gasteiger partial charge >= 0.3 is 0 Å². The Bertz CT molecular complexity index is 282. The maximum absolute atomic E-state index is 11.6. The van der Waals surface area contributed by atoms with E-state index in [2.05, 4.69) is 5.32 Å². The van der Waals surface area contributed by atoms with Crippen LogP contribution in [0.15, 0.2) is 12.2 Å². The number of hydrogen-bond donors (Lipinski definition) is 1. The van der Waals surface area contributed by atoms with Crippen molar-refractivity contribution in [2.45, 2.75) is 30.9 Å². The predicted molar refractivity (Wildman–Crippen MR) is 59.1 cm³/mol. The quantitative estimate of drug-likeness (QED) is 0.567. The van der Waals surface area contributed by atoms with Crippen molar-refractivity contribution in [2.24, 2.45) is 0 Å². The molecule has 0 aromatic heterocycles. The summed E-state index contributed by atoms with van der Waals surface area (Å²) in [6.45, 7) is 0.906. The van der Waals surface area contributed by atoms with Crippen LogP contribution in [0.2, 0.25) is 0 Å². The Balaban J connectivity index is 2.46. The zero-order valence-electron chi connectivity index (χ0n) is 8.70.